The minimum atomic E-state index is -0.489. The predicted molar refractivity (Wildman–Crippen MR) is 111 cm³/mol. The highest BCUT2D eigenvalue weighted by molar-refractivity contribution is 7.22. The van der Waals surface area contributed by atoms with Crippen LogP contribution in [-0.2, 0) is 0 Å². The predicted octanol–water partition coefficient (Wildman–Crippen LogP) is 4.31. The number of hydrogen-bond acceptors (Lipinski definition) is 7. The quantitative estimate of drug-likeness (QED) is 0.469. The largest absolute Gasteiger partial charge is 0.494 e. The van der Waals surface area contributed by atoms with Crippen molar-refractivity contribution in [2.24, 2.45) is 0 Å². The van der Waals surface area contributed by atoms with Crippen LogP contribution in [0.3, 0.4) is 0 Å². The summed E-state index contributed by atoms with van der Waals surface area (Å²) in [5, 5.41) is 14.2. The van der Waals surface area contributed by atoms with Gasteiger partial charge in [-0.05, 0) is 38.1 Å². The fraction of sp³-hybridized carbons (Fsp3) is 0.263. The van der Waals surface area contributed by atoms with E-state index >= 15 is 0 Å². The van der Waals surface area contributed by atoms with Crippen molar-refractivity contribution < 1.29 is 14.5 Å². The maximum absolute atomic E-state index is 12.5. The molecule has 28 heavy (non-hydrogen) atoms. The summed E-state index contributed by atoms with van der Waals surface area (Å²) in [5.41, 5.74) is 1.95. The first-order valence-corrected chi connectivity index (χ1v) is 9.57. The third-order valence-electron chi connectivity index (χ3n) is 4.35. The van der Waals surface area contributed by atoms with Crippen molar-refractivity contribution in [1.82, 2.24) is 4.98 Å². The first kappa shape index (κ1) is 19.6. The minimum absolute atomic E-state index is 0.0853. The smallest absolute Gasteiger partial charge is 0.274 e. The van der Waals surface area contributed by atoms with E-state index in [1.807, 2.05) is 12.1 Å². The number of nitrogens with zero attached hydrogens (tertiary/aromatic N) is 3. The molecule has 0 radical (unpaired) electrons. The summed E-state index contributed by atoms with van der Waals surface area (Å²) in [6.07, 6.45) is 0. The van der Waals surface area contributed by atoms with Crippen molar-refractivity contribution in [2.75, 3.05) is 30.4 Å². The number of aromatic nitrogens is 1. The van der Waals surface area contributed by atoms with Crippen LogP contribution in [0, 0.1) is 10.1 Å². The van der Waals surface area contributed by atoms with Crippen LogP contribution in [0.15, 0.2) is 36.4 Å². The fourth-order valence-electron chi connectivity index (χ4n) is 2.88. The second kappa shape index (κ2) is 8.22. The van der Waals surface area contributed by atoms with Crippen LogP contribution in [0.1, 0.15) is 24.2 Å². The van der Waals surface area contributed by atoms with Crippen LogP contribution in [0.5, 0.6) is 5.75 Å². The van der Waals surface area contributed by atoms with Crippen LogP contribution in [-0.4, -0.2) is 36.0 Å². The molecule has 1 heterocycles. The molecule has 0 spiro atoms. The van der Waals surface area contributed by atoms with Gasteiger partial charge in [0.2, 0.25) is 0 Å². The number of benzene rings is 2. The van der Waals surface area contributed by atoms with Gasteiger partial charge in [-0.1, -0.05) is 11.3 Å². The number of nitro groups is 1. The summed E-state index contributed by atoms with van der Waals surface area (Å²) in [6.45, 7) is 5.94. The summed E-state index contributed by atoms with van der Waals surface area (Å²) in [4.78, 5) is 29.7. The van der Waals surface area contributed by atoms with Gasteiger partial charge in [0.1, 0.15) is 5.52 Å². The molecule has 1 N–H and O–H groups in total. The summed E-state index contributed by atoms with van der Waals surface area (Å²) in [6, 6.07) is 10.1. The monoisotopic (exact) mass is 400 g/mol. The zero-order valence-electron chi connectivity index (χ0n) is 15.8. The molecule has 0 saturated heterocycles. The Morgan fingerprint density at radius 3 is 2.50 bits per heavy atom. The lowest BCUT2D eigenvalue weighted by molar-refractivity contribution is -0.384. The highest BCUT2D eigenvalue weighted by atomic mass is 32.1. The standard InChI is InChI=1S/C19H20N4O4S/c1-4-22(5-2)13-8-6-12(7-9-13)18(24)21-19-20-17-15(27-3)10-14(23(25)26)11-16(17)28-19/h6-11H,4-5H2,1-3H3,(H,20,21,24). The van der Waals surface area contributed by atoms with Gasteiger partial charge in [-0.3, -0.25) is 20.2 Å². The molecule has 0 aliphatic carbocycles. The van der Waals surface area contributed by atoms with Gasteiger partial charge in [-0.2, -0.15) is 0 Å². The number of carbonyl (C=O) groups excluding carboxylic acids is 1. The molecule has 0 fully saturated rings. The van der Waals surface area contributed by atoms with E-state index in [-0.39, 0.29) is 11.6 Å². The minimum Gasteiger partial charge on any atom is -0.494 e. The molecule has 1 aromatic heterocycles. The summed E-state index contributed by atoms with van der Waals surface area (Å²) >= 11 is 1.16. The lowest BCUT2D eigenvalue weighted by atomic mass is 10.2. The Balaban J connectivity index is 1.84. The summed E-state index contributed by atoms with van der Waals surface area (Å²) in [5.74, 6) is 0.00291. The van der Waals surface area contributed by atoms with Crippen molar-refractivity contribution >= 4 is 44.0 Å². The number of amides is 1. The number of hydrogen-bond donors (Lipinski definition) is 1. The van der Waals surface area contributed by atoms with Gasteiger partial charge in [-0.15, -0.1) is 0 Å². The molecule has 0 unspecified atom stereocenters. The van der Waals surface area contributed by atoms with Gasteiger partial charge >= 0.3 is 0 Å². The van der Waals surface area contributed by atoms with Gasteiger partial charge in [-0.25, -0.2) is 4.98 Å². The Bertz CT molecular complexity index is 1010. The number of anilines is 2. The third kappa shape index (κ3) is 3.89. The second-order valence-corrected chi connectivity index (χ2v) is 6.97. The molecular weight excluding hydrogens is 380 g/mol. The molecule has 2 aromatic carbocycles. The van der Waals surface area contributed by atoms with Gasteiger partial charge in [0.05, 0.1) is 22.8 Å². The average molecular weight is 400 g/mol. The molecule has 146 valence electrons. The zero-order valence-corrected chi connectivity index (χ0v) is 16.6. The average Bonchev–Trinajstić information content (AvgIpc) is 3.10. The number of carbonyl (C=O) groups is 1. The second-order valence-electron chi connectivity index (χ2n) is 5.94. The van der Waals surface area contributed by atoms with Crippen LogP contribution >= 0.6 is 11.3 Å². The van der Waals surface area contributed by atoms with Gasteiger partial charge in [0, 0.05) is 30.4 Å². The van der Waals surface area contributed by atoms with E-state index in [1.54, 1.807) is 12.1 Å². The maximum atomic E-state index is 12.5. The Labute approximate surface area is 165 Å². The molecule has 0 saturated carbocycles. The molecule has 0 aliphatic rings. The van der Waals surface area contributed by atoms with Crippen molar-refractivity contribution in [1.29, 1.82) is 0 Å². The first-order valence-electron chi connectivity index (χ1n) is 8.76. The van der Waals surface area contributed by atoms with E-state index in [1.165, 1.54) is 19.2 Å². The molecule has 0 bridgehead atoms. The molecule has 8 nitrogen and oxygen atoms in total. The number of ether oxygens (including phenoxy) is 1. The van der Waals surface area contributed by atoms with Crippen molar-refractivity contribution in [2.45, 2.75) is 13.8 Å². The topological polar surface area (TPSA) is 97.6 Å². The zero-order chi connectivity index (χ0) is 20.3. The Morgan fingerprint density at radius 2 is 1.93 bits per heavy atom. The van der Waals surface area contributed by atoms with E-state index in [0.29, 0.717) is 26.7 Å². The molecule has 3 rings (SSSR count). The molecule has 0 aliphatic heterocycles. The number of nitro benzene ring substituents is 1. The highest BCUT2D eigenvalue weighted by Gasteiger charge is 2.17. The summed E-state index contributed by atoms with van der Waals surface area (Å²) < 4.78 is 5.77. The van der Waals surface area contributed by atoms with Gasteiger partial charge in [0.15, 0.2) is 10.9 Å². The van der Waals surface area contributed by atoms with Crippen molar-refractivity contribution in [3.05, 3.63) is 52.1 Å². The number of rotatable bonds is 7. The van der Waals surface area contributed by atoms with E-state index in [0.717, 1.165) is 30.1 Å². The van der Waals surface area contributed by atoms with Crippen molar-refractivity contribution in [3.63, 3.8) is 0 Å². The van der Waals surface area contributed by atoms with E-state index in [4.69, 9.17) is 4.74 Å². The molecule has 3 aromatic rings. The first-order chi connectivity index (χ1) is 13.5. The lowest BCUT2D eigenvalue weighted by Gasteiger charge is -2.20. The van der Waals surface area contributed by atoms with Crippen LogP contribution < -0.4 is 15.0 Å². The molecule has 9 heteroatoms. The van der Waals surface area contributed by atoms with Gasteiger partial charge < -0.3 is 9.64 Å². The van der Waals surface area contributed by atoms with Gasteiger partial charge in [0.25, 0.3) is 11.6 Å². The maximum Gasteiger partial charge on any atom is 0.274 e. The van der Waals surface area contributed by atoms with E-state index < -0.39 is 4.92 Å². The Hall–Kier alpha value is -3.20. The number of methoxy groups -OCH3 is 1. The third-order valence-corrected chi connectivity index (χ3v) is 5.27. The number of non-ortho nitro benzene ring substituents is 1. The number of nitrogens with one attached hydrogen (secondary N) is 1. The fourth-order valence-corrected chi connectivity index (χ4v) is 3.79. The summed E-state index contributed by atoms with van der Waals surface area (Å²) in [7, 11) is 1.42. The Kier molecular flexibility index (Phi) is 5.74. The highest BCUT2D eigenvalue weighted by Crippen LogP contribution is 2.36. The Morgan fingerprint density at radius 1 is 1.25 bits per heavy atom. The molecule has 0 atom stereocenters. The van der Waals surface area contributed by atoms with Crippen LogP contribution in [0.2, 0.25) is 0 Å². The van der Waals surface area contributed by atoms with Crippen molar-refractivity contribution in [3.8, 4) is 5.75 Å². The lowest BCUT2D eigenvalue weighted by Crippen LogP contribution is -2.21. The van der Waals surface area contributed by atoms with Crippen LogP contribution in [0.25, 0.3) is 10.2 Å². The SMILES string of the molecule is CCN(CC)c1ccc(C(=O)Nc2nc3c(OC)cc([N+](=O)[O-])cc3s2)cc1. The van der Waals surface area contributed by atoms with E-state index in [2.05, 4.69) is 29.0 Å². The number of thiazole rings is 1. The molecular formula is C19H20N4O4S. The number of fused-ring (bicyclic) bond motifs is 1. The normalized spacial score (nSPS) is 10.7. The molecule has 1 amide bonds. The van der Waals surface area contributed by atoms with E-state index in [9.17, 15) is 14.9 Å². The van der Waals surface area contributed by atoms with Crippen LogP contribution in [0.4, 0.5) is 16.5 Å².